The first-order chi connectivity index (χ1) is 9.07. The lowest BCUT2D eigenvalue weighted by Crippen LogP contribution is -2.24. The molecule has 0 spiro atoms. The number of nitrogens with one attached hydrogen (secondary N) is 1. The molecule has 0 heterocycles. The number of halogens is 7. The Morgan fingerprint density at radius 3 is 2.25 bits per heavy atom. The maximum absolute atomic E-state index is 12.0. The molecule has 0 atom stereocenters. The normalized spacial score (nSPS) is 12.6. The van der Waals surface area contributed by atoms with Gasteiger partial charge in [-0.05, 0) is 33.6 Å². The Balaban J connectivity index is 2.51. The summed E-state index contributed by atoms with van der Waals surface area (Å²) in [6.45, 7) is -1.58. The molecule has 1 N–H and O–H groups in total. The first-order valence-electron chi connectivity index (χ1n) is 5.02. The molecule has 0 aliphatic carbocycles. The fourth-order valence-electron chi connectivity index (χ4n) is 1.13. The average molecular weight is 368 g/mol. The zero-order valence-electron chi connectivity index (χ0n) is 9.61. The van der Waals surface area contributed by atoms with Gasteiger partial charge in [0.1, 0.15) is 5.75 Å². The van der Waals surface area contributed by atoms with E-state index in [0.29, 0.717) is 5.56 Å². The van der Waals surface area contributed by atoms with Crippen molar-refractivity contribution in [1.82, 2.24) is 5.48 Å². The largest absolute Gasteiger partial charge is 0.573 e. The van der Waals surface area contributed by atoms with Gasteiger partial charge in [0.05, 0.1) is 4.47 Å². The summed E-state index contributed by atoms with van der Waals surface area (Å²) in [5, 5.41) is 0. The summed E-state index contributed by atoms with van der Waals surface area (Å²) >= 11 is 2.87. The van der Waals surface area contributed by atoms with Crippen LogP contribution in [0.3, 0.4) is 0 Å². The number of ether oxygens (including phenoxy) is 1. The van der Waals surface area contributed by atoms with E-state index in [1.165, 1.54) is 12.1 Å². The van der Waals surface area contributed by atoms with Crippen LogP contribution in [-0.2, 0) is 11.4 Å². The second kappa shape index (κ2) is 6.64. The Morgan fingerprint density at radius 2 is 1.75 bits per heavy atom. The Bertz CT molecular complexity index is 448. The van der Waals surface area contributed by atoms with Crippen LogP contribution in [0.5, 0.6) is 5.75 Å². The fourth-order valence-corrected chi connectivity index (χ4v) is 1.64. The molecule has 0 aliphatic rings. The number of hydrogen-bond donors (Lipinski definition) is 1. The SMILES string of the molecule is FC(F)(F)CONCc1ccc(OC(F)(F)F)c(Br)c1. The molecule has 0 aromatic heterocycles. The number of alkyl halides is 6. The highest BCUT2D eigenvalue weighted by atomic mass is 79.9. The predicted molar refractivity (Wildman–Crippen MR) is 59.7 cm³/mol. The monoisotopic (exact) mass is 367 g/mol. The minimum Gasteiger partial charge on any atom is -0.405 e. The van der Waals surface area contributed by atoms with Crippen molar-refractivity contribution in [2.75, 3.05) is 6.61 Å². The number of hydroxylamine groups is 1. The van der Waals surface area contributed by atoms with E-state index in [2.05, 4.69) is 25.5 Å². The van der Waals surface area contributed by atoms with Crippen LogP contribution >= 0.6 is 15.9 Å². The van der Waals surface area contributed by atoms with Crippen molar-refractivity contribution < 1.29 is 35.9 Å². The molecule has 0 saturated heterocycles. The highest BCUT2D eigenvalue weighted by molar-refractivity contribution is 9.10. The minimum absolute atomic E-state index is 0.0185. The molecule has 0 saturated carbocycles. The summed E-state index contributed by atoms with van der Waals surface area (Å²) in [6.07, 6.45) is -9.28. The van der Waals surface area contributed by atoms with Crippen LogP contribution in [0.2, 0.25) is 0 Å². The molecule has 0 radical (unpaired) electrons. The van der Waals surface area contributed by atoms with E-state index in [0.717, 1.165) is 6.07 Å². The average Bonchev–Trinajstić information content (AvgIpc) is 2.25. The van der Waals surface area contributed by atoms with E-state index < -0.39 is 24.9 Å². The second-order valence-corrected chi connectivity index (χ2v) is 4.39. The second-order valence-electron chi connectivity index (χ2n) is 3.54. The van der Waals surface area contributed by atoms with Crippen LogP contribution in [-0.4, -0.2) is 19.1 Å². The first-order valence-corrected chi connectivity index (χ1v) is 5.82. The van der Waals surface area contributed by atoms with Crippen molar-refractivity contribution >= 4 is 15.9 Å². The van der Waals surface area contributed by atoms with E-state index in [-0.39, 0.29) is 11.0 Å². The molecule has 0 amide bonds. The summed E-state index contributed by atoms with van der Waals surface area (Å²) in [6, 6.07) is 3.57. The van der Waals surface area contributed by atoms with Gasteiger partial charge >= 0.3 is 12.5 Å². The minimum atomic E-state index is -4.82. The van der Waals surface area contributed by atoms with Crippen LogP contribution < -0.4 is 10.2 Å². The smallest absolute Gasteiger partial charge is 0.405 e. The van der Waals surface area contributed by atoms with Crippen molar-refractivity contribution in [3.05, 3.63) is 28.2 Å². The van der Waals surface area contributed by atoms with Crippen LogP contribution in [0.4, 0.5) is 26.3 Å². The standard InChI is InChI=1S/C10H8BrF6NO2/c11-7-3-6(4-18-19-5-9(12,13)14)1-2-8(7)20-10(15,16)17/h1-3,18H,4-5H2. The summed E-state index contributed by atoms with van der Waals surface area (Å²) in [5.74, 6) is -0.447. The van der Waals surface area contributed by atoms with E-state index in [1.54, 1.807) is 0 Å². The summed E-state index contributed by atoms with van der Waals surface area (Å²) in [7, 11) is 0. The number of hydrogen-bond acceptors (Lipinski definition) is 3. The van der Waals surface area contributed by atoms with E-state index >= 15 is 0 Å². The van der Waals surface area contributed by atoms with Crippen LogP contribution in [0.1, 0.15) is 5.56 Å². The van der Waals surface area contributed by atoms with Crippen molar-refractivity contribution in [3.63, 3.8) is 0 Å². The van der Waals surface area contributed by atoms with Crippen molar-refractivity contribution in [2.24, 2.45) is 0 Å². The molecule has 0 aliphatic heterocycles. The molecule has 10 heteroatoms. The molecule has 0 bridgehead atoms. The van der Waals surface area contributed by atoms with Gasteiger partial charge in [0.15, 0.2) is 6.61 Å². The maximum Gasteiger partial charge on any atom is 0.573 e. The van der Waals surface area contributed by atoms with Gasteiger partial charge in [0, 0.05) is 6.54 Å². The Hall–Kier alpha value is -1.00. The van der Waals surface area contributed by atoms with Crippen LogP contribution in [0.15, 0.2) is 22.7 Å². The zero-order valence-corrected chi connectivity index (χ0v) is 11.2. The maximum atomic E-state index is 12.0. The highest BCUT2D eigenvalue weighted by Gasteiger charge is 2.32. The molecule has 1 aromatic carbocycles. The van der Waals surface area contributed by atoms with E-state index in [4.69, 9.17) is 0 Å². The number of rotatable bonds is 5. The third-order valence-corrected chi connectivity index (χ3v) is 2.46. The van der Waals surface area contributed by atoms with Crippen molar-refractivity contribution in [3.8, 4) is 5.75 Å². The molecular formula is C10H8BrF6NO2. The molecule has 1 aromatic rings. The van der Waals surface area contributed by atoms with E-state index in [1.807, 2.05) is 5.48 Å². The molecule has 0 fully saturated rings. The van der Waals surface area contributed by atoms with Crippen LogP contribution in [0, 0.1) is 0 Å². The van der Waals surface area contributed by atoms with Gasteiger partial charge in [-0.25, -0.2) is 0 Å². The van der Waals surface area contributed by atoms with E-state index in [9.17, 15) is 26.3 Å². The van der Waals surface area contributed by atoms with Gasteiger partial charge in [-0.1, -0.05) is 6.07 Å². The summed E-state index contributed by atoms with van der Waals surface area (Å²) < 4.78 is 75.0. The molecule has 0 unspecified atom stereocenters. The summed E-state index contributed by atoms with van der Waals surface area (Å²) in [5.41, 5.74) is 2.46. The van der Waals surface area contributed by atoms with Gasteiger partial charge in [-0.15, -0.1) is 13.2 Å². The third kappa shape index (κ3) is 6.96. The Kier molecular flexibility index (Phi) is 5.66. The summed E-state index contributed by atoms with van der Waals surface area (Å²) in [4.78, 5) is 4.15. The highest BCUT2D eigenvalue weighted by Crippen LogP contribution is 2.31. The quantitative estimate of drug-likeness (QED) is 0.486. The van der Waals surface area contributed by atoms with Crippen molar-refractivity contribution in [2.45, 2.75) is 19.1 Å². The predicted octanol–water partition coefficient (Wildman–Crippen LogP) is 3.93. The lowest BCUT2D eigenvalue weighted by atomic mass is 10.2. The van der Waals surface area contributed by atoms with Gasteiger partial charge < -0.3 is 4.74 Å². The number of benzene rings is 1. The Labute approximate surface area is 117 Å². The third-order valence-electron chi connectivity index (χ3n) is 1.84. The van der Waals surface area contributed by atoms with Gasteiger partial charge in [-0.3, -0.25) is 4.84 Å². The lowest BCUT2D eigenvalue weighted by molar-refractivity contribution is -0.274. The van der Waals surface area contributed by atoms with Gasteiger partial charge in [-0.2, -0.15) is 18.7 Å². The lowest BCUT2D eigenvalue weighted by Gasteiger charge is -2.12. The molecule has 114 valence electrons. The zero-order chi connectivity index (χ0) is 15.4. The Morgan fingerprint density at radius 1 is 1.10 bits per heavy atom. The first kappa shape index (κ1) is 17.1. The molecule has 20 heavy (non-hydrogen) atoms. The molecule has 3 nitrogen and oxygen atoms in total. The molecule has 1 rings (SSSR count). The van der Waals surface area contributed by atoms with Crippen LogP contribution in [0.25, 0.3) is 0 Å². The van der Waals surface area contributed by atoms with Gasteiger partial charge in [0.2, 0.25) is 0 Å². The topological polar surface area (TPSA) is 30.5 Å². The van der Waals surface area contributed by atoms with Gasteiger partial charge in [0.25, 0.3) is 0 Å². The van der Waals surface area contributed by atoms with Crippen molar-refractivity contribution in [1.29, 1.82) is 0 Å². The molecular weight excluding hydrogens is 360 g/mol. The fraction of sp³-hybridized carbons (Fsp3) is 0.400.